The SMILES string of the molecule is Cc1cccc(-c2cc(=O)n(C)c3ccc([C@](NS(=O)C(C)(C)C)(c4ccc(Cl)cc4)c4cncn4C)cc23)c1. The summed E-state index contributed by atoms with van der Waals surface area (Å²) >= 11 is 6.32. The van der Waals surface area contributed by atoms with Crippen LogP contribution in [0.5, 0.6) is 0 Å². The van der Waals surface area contributed by atoms with E-state index in [1.807, 2.05) is 93.9 Å². The number of nitrogens with one attached hydrogen (secondary N) is 1. The van der Waals surface area contributed by atoms with Crippen LogP contribution in [0.4, 0.5) is 0 Å². The molecule has 2 atom stereocenters. The van der Waals surface area contributed by atoms with Crippen molar-refractivity contribution in [3.63, 3.8) is 0 Å². The van der Waals surface area contributed by atoms with Gasteiger partial charge in [-0.15, -0.1) is 0 Å². The van der Waals surface area contributed by atoms with E-state index in [1.54, 1.807) is 30.2 Å². The monoisotopic (exact) mass is 572 g/mol. The van der Waals surface area contributed by atoms with Crippen LogP contribution in [-0.4, -0.2) is 23.1 Å². The van der Waals surface area contributed by atoms with Crippen molar-refractivity contribution in [2.24, 2.45) is 14.1 Å². The lowest BCUT2D eigenvalue weighted by atomic mass is 9.80. The summed E-state index contributed by atoms with van der Waals surface area (Å²) in [5.74, 6) is 0. The van der Waals surface area contributed by atoms with Crippen LogP contribution in [0.25, 0.3) is 22.0 Å². The first kappa shape index (κ1) is 28.0. The van der Waals surface area contributed by atoms with Gasteiger partial charge in [0.2, 0.25) is 0 Å². The highest BCUT2D eigenvalue weighted by atomic mass is 35.5. The Hall–Kier alpha value is -3.52. The molecule has 0 fully saturated rings. The van der Waals surface area contributed by atoms with Crippen molar-refractivity contribution in [2.75, 3.05) is 0 Å². The minimum atomic E-state index is -1.47. The smallest absolute Gasteiger partial charge is 0.251 e. The van der Waals surface area contributed by atoms with Gasteiger partial charge in [-0.25, -0.2) is 13.9 Å². The van der Waals surface area contributed by atoms with Crippen LogP contribution in [-0.2, 0) is 30.6 Å². The maximum atomic E-state index is 13.9. The molecule has 5 aromatic rings. The average molecular weight is 573 g/mol. The molecule has 6 nitrogen and oxygen atoms in total. The van der Waals surface area contributed by atoms with Crippen LogP contribution in [0.1, 0.15) is 43.2 Å². The fourth-order valence-electron chi connectivity index (χ4n) is 5.09. The first-order chi connectivity index (χ1) is 18.9. The molecule has 0 bridgehead atoms. The molecule has 0 saturated carbocycles. The minimum absolute atomic E-state index is 0.0840. The summed E-state index contributed by atoms with van der Waals surface area (Å²) in [7, 11) is 2.24. The lowest BCUT2D eigenvalue weighted by Crippen LogP contribution is -2.50. The van der Waals surface area contributed by atoms with Gasteiger partial charge >= 0.3 is 0 Å². The van der Waals surface area contributed by atoms with Crippen molar-refractivity contribution >= 4 is 33.5 Å². The second kappa shape index (κ2) is 10.5. The summed E-state index contributed by atoms with van der Waals surface area (Å²) in [4.78, 5) is 17.5. The average Bonchev–Trinajstić information content (AvgIpc) is 3.35. The van der Waals surface area contributed by atoms with Gasteiger partial charge in [0.1, 0.15) is 5.54 Å². The number of aromatic nitrogens is 3. The van der Waals surface area contributed by atoms with Crippen LogP contribution >= 0.6 is 11.6 Å². The third-order valence-electron chi connectivity index (χ3n) is 7.29. The third-order valence-corrected chi connectivity index (χ3v) is 9.14. The van der Waals surface area contributed by atoms with Crippen molar-refractivity contribution in [3.05, 3.63) is 123 Å². The summed E-state index contributed by atoms with van der Waals surface area (Å²) in [5.41, 5.74) is 5.11. The lowest BCUT2D eigenvalue weighted by Gasteiger charge is -2.38. The van der Waals surface area contributed by atoms with E-state index in [2.05, 4.69) is 21.8 Å². The fourth-order valence-corrected chi connectivity index (χ4v) is 6.14. The second-order valence-corrected chi connectivity index (χ2v) is 13.6. The molecule has 0 aliphatic carbocycles. The Balaban J connectivity index is 1.90. The Labute approximate surface area is 242 Å². The molecule has 1 N–H and O–H groups in total. The van der Waals surface area contributed by atoms with E-state index in [1.165, 1.54) is 0 Å². The van der Waals surface area contributed by atoms with Crippen molar-refractivity contribution in [3.8, 4) is 11.1 Å². The number of pyridine rings is 1. The van der Waals surface area contributed by atoms with Crippen LogP contribution in [0.2, 0.25) is 5.02 Å². The first-order valence-corrected chi connectivity index (χ1v) is 14.6. The number of hydrogen-bond donors (Lipinski definition) is 1. The molecule has 3 aromatic carbocycles. The topological polar surface area (TPSA) is 68.9 Å². The standard InChI is InChI=1S/C32H33ClN4O2S/c1-21-8-7-9-22(16-21)26-18-30(38)37(6)28-15-12-24(17-27(26)28)32(29-19-34-20-36(29)5,35-40(39)31(2,3)4)23-10-13-25(33)14-11-23/h7-20,35H,1-6H3/t32-,40?/m1/s1. The molecule has 0 spiro atoms. The van der Waals surface area contributed by atoms with Crippen molar-refractivity contribution in [1.82, 2.24) is 18.8 Å². The van der Waals surface area contributed by atoms with E-state index in [-0.39, 0.29) is 5.56 Å². The predicted octanol–water partition coefficient (Wildman–Crippen LogP) is 6.24. The van der Waals surface area contributed by atoms with E-state index in [9.17, 15) is 9.00 Å². The van der Waals surface area contributed by atoms with E-state index in [0.717, 1.165) is 44.4 Å². The number of halogens is 1. The van der Waals surface area contributed by atoms with Gasteiger partial charge < -0.3 is 9.13 Å². The molecule has 8 heteroatoms. The number of rotatable bonds is 6. The molecular formula is C32H33ClN4O2S. The molecule has 206 valence electrons. The highest BCUT2D eigenvalue weighted by molar-refractivity contribution is 7.84. The second-order valence-electron chi connectivity index (χ2n) is 11.2. The summed E-state index contributed by atoms with van der Waals surface area (Å²) in [6.45, 7) is 7.87. The molecule has 1 unspecified atom stereocenters. The summed E-state index contributed by atoms with van der Waals surface area (Å²) in [6, 6.07) is 23.5. The number of imidazole rings is 1. The zero-order valence-corrected chi connectivity index (χ0v) is 25.1. The zero-order chi connectivity index (χ0) is 28.8. The van der Waals surface area contributed by atoms with Gasteiger partial charge in [-0.1, -0.05) is 59.6 Å². The summed E-state index contributed by atoms with van der Waals surface area (Å²) in [6.07, 6.45) is 3.54. The molecule has 0 radical (unpaired) electrons. The Morgan fingerprint density at radius 2 is 1.62 bits per heavy atom. The van der Waals surface area contributed by atoms with Crippen LogP contribution in [0.3, 0.4) is 0 Å². The molecule has 0 saturated heterocycles. The van der Waals surface area contributed by atoms with E-state index < -0.39 is 21.3 Å². The van der Waals surface area contributed by atoms with Gasteiger partial charge in [0, 0.05) is 30.6 Å². The Morgan fingerprint density at radius 1 is 0.925 bits per heavy atom. The predicted molar refractivity (Wildman–Crippen MR) is 165 cm³/mol. The minimum Gasteiger partial charge on any atom is -0.335 e. The number of benzene rings is 3. The molecule has 2 aromatic heterocycles. The number of hydrogen-bond acceptors (Lipinski definition) is 3. The number of nitrogens with zero attached hydrogens (tertiary/aromatic N) is 3. The van der Waals surface area contributed by atoms with E-state index in [0.29, 0.717) is 5.02 Å². The van der Waals surface area contributed by atoms with Crippen molar-refractivity contribution in [2.45, 2.75) is 38.0 Å². The Bertz CT molecular complexity index is 1800. The summed E-state index contributed by atoms with van der Waals surface area (Å²) < 4.78 is 20.5. The molecule has 40 heavy (non-hydrogen) atoms. The zero-order valence-electron chi connectivity index (χ0n) is 23.5. The first-order valence-electron chi connectivity index (χ1n) is 13.1. The fraction of sp³-hybridized carbons (Fsp3) is 0.250. The van der Waals surface area contributed by atoms with Crippen LogP contribution in [0, 0.1) is 6.92 Å². The molecule has 2 heterocycles. The van der Waals surface area contributed by atoms with E-state index in [4.69, 9.17) is 11.6 Å². The van der Waals surface area contributed by atoms with Crippen LogP contribution < -0.4 is 10.3 Å². The van der Waals surface area contributed by atoms with Crippen molar-refractivity contribution < 1.29 is 4.21 Å². The number of aryl methyl sites for hydroxylation is 3. The van der Waals surface area contributed by atoms with Crippen LogP contribution in [0.15, 0.2) is 90.1 Å². The van der Waals surface area contributed by atoms with Crippen molar-refractivity contribution in [1.29, 1.82) is 0 Å². The molecule has 0 aliphatic rings. The maximum Gasteiger partial charge on any atom is 0.251 e. The Kier molecular flexibility index (Phi) is 7.33. The van der Waals surface area contributed by atoms with Gasteiger partial charge in [0.25, 0.3) is 5.56 Å². The van der Waals surface area contributed by atoms with E-state index >= 15 is 0 Å². The van der Waals surface area contributed by atoms with Gasteiger partial charge in [-0.05, 0) is 74.2 Å². The molecular weight excluding hydrogens is 540 g/mol. The number of fused-ring (bicyclic) bond motifs is 1. The molecule has 0 aliphatic heterocycles. The molecule has 5 rings (SSSR count). The van der Waals surface area contributed by atoms with Gasteiger partial charge in [0.15, 0.2) is 0 Å². The summed E-state index contributed by atoms with van der Waals surface area (Å²) in [5, 5.41) is 1.52. The maximum absolute atomic E-state index is 13.9. The largest absolute Gasteiger partial charge is 0.335 e. The highest BCUT2D eigenvalue weighted by Gasteiger charge is 2.42. The Morgan fingerprint density at radius 3 is 2.25 bits per heavy atom. The van der Waals surface area contributed by atoms with Gasteiger partial charge in [-0.2, -0.15) is 0 Å². The lowest BCUT2D eigenvalue weighted by molar-refractivity contribution is 0.528. The quantitative estimate of drug-likeness (QED) is 0.262. The van der Waals surface area contributed by atoms with Gasteiger partial charge in [-0.3, -0.25) is 4.79 Å². The van der Waals surface area contributed by atoms with Gasteiger partial charge in [0.05, 0.1) is 39.5 Å². The highest BCUT2D eigenvalue weighted by Crippen LogP contribution is 2.40. The normalized spacial score (nSPS) is 14.3. The third kappa shape index (κ3) is 4.94. The molecule has 0 amide bonds.